The summed E-state index contributed by atoms with van der Waals surface area (Å²) in [6.07, 6.45) is 1.85. The van der Waals surface area contributed by atoms with Crippen LogP contribution in [0.2, 0.25) is 0 Å². The molecule has 1 saturated heterocycles. The number of hydrogen-bond acceptors (Lipinski definition) is 2. The summed E-state index contributed by atoms with van der Waals surface area (Å²) in [4.78, 5) is 6.96. The molecule has 2 aromatic heterocycles. The molecule has 172 valence electrons. The van der Waals surface area contributed by atoms with Gasteiger partial charge in [0.05, 0.1) is 23.5 Å². The van der Waals surface area contributed by atoms with Crippen molar-refractivity contribution in [3.63, 3.8) is 0 Å². The van der Waals surface area contributed by atoms with Gasteiger partial charge in [-0.15, -0.1) is 0 Å². The van der Waals surface area contributed by atoms with Crippen molar-refractivity contribution in [2.75, 3.05) is 4.90 Å². The Balaban J connectivity index is 1.70. The molecule has 0 radical (unpaired) electrons. The Bertz CT molecular complexity index is 1380. The zero-order valence-electron chi connectivity index (χ0n) is 19.7. The van der Waals surface area contributed by atoms with E-state index in [9.17, 15) is 0 Å². The van der Waals surface area contributed by atoms with Gasteiger partial charge in [0.25, 0.3) is 0 Å². The molecule has 34 heavy (non-hydrogen) atoms. The SMILES string of the molecule is Cc1ccc(N2C(=S)NC(c3ccccn3)C2c2cc(C)n(-c3ccccc3Br)c2C)cc1C. The van der Waals surface area contributed by atoms with Crippen LogP contribution in [-0.2, 0) is 0 Å². The number of pyridine rings is 1. The van der Waals surface area contributed by atoms with Crippen LogP contribution in [0.5, 0.6) is 0 Å². The van der Waals surface area contributed by atoms with Crippen molar-refractivity contribution in [2.45, 2.75) is 39.8 Å². The predicted molar refractivity (Wildman–Crippen MR) is 147 cm³/mol. The monoisotopic (exact) mass is 530 g/mol. The van der Waals surface area contributed by atoms with E-state index in [4.69, 9.17) is 17.2 Å². The highest BCUT2D eigenvalue weighted by atomic mass is 79.9. The Kier molecular flexibility index (Phi) is 6.04. The highest BCUT2D eigenvalue weighted by Crippen LogP contribution is 2.44. The van der Waals surface area contributed by atoms with Crippen LogP contribution in [0, 0.1) is 27.7 Å². The van der Waals surface area contributed by atoms with E-state index in [-0.39, 0.29) is 12.1 Å². The van der Waals surface area contributed by atoms with E-state index >= 15 is 0 Å². The third kappa shape index (κ3) is 3.85. The molecule has 0 bridgehead atoms. The number of anilines is 1. The zero-order chi connectivity index (χ0) is 24.0. The molecule has 0 aliphatic carbocycles. The molecule has 5 rings (SSSR count). The molecule has 0 spiro atoms. The van der Waals surface area contributed by atoms with Gasteiger partial charge in [-0.25, -0.2) is 0 Å². The maximum atomic E-state index is 5.92. The lowest BCUT2D eigenvalue weighted by Crippen LogP contribution is -2.29. The van der Waals surface area contributed by atoms with Crippen LogP contribution >= 0.6 is 28.1 Å². The van der Waals surface area contributed by atoms with Gasteiger partial charge < -0.3 is 14.8 Å². The van der Waals surface area contributed by atoms with Crippen LogP contribution < -0.4 is 10.2 Å². The van der Waals surface area contributed by atoms with Gasteiger partial charge in [-0.3, -0.25) is 4.98 Å². The van der Waals surface area contributed by atoms with Gasteiger partial charge in [0, 0.05) is 27.7 Å². The topological polar surface area (TPSA) is 33.1 Å². The molecular weight excluding hydrogens is 504 g/mol. The number of thiocarbonyl (C=S) groups is 1. The van der Waals surface area contributed by atoms with E-state index in [1.165, 1.54) is 28.1 Å². The van der Waals surface area contributed by atoms with Crippen LogP contribution in [0.3, 0.4) is 0 Å². The lowest BCUT2D eigenvalue weighted by Gasteiger charge is -2.28. The summed E-state index contributed by atoms with van der Waals surface area (Å²) in [6, 6.07) is 23.1. The first-order valence-corrected chi connectivity index (χ1v) is 12.6. The van der Waals surface area contributed by atoms with Gasteiger partial charge in [-0.05, 0) is 115 Å². The van der Waals surface area contributed by atoms with Crippen molar-refractivity contribution in [1.29, 1.82) is 0 Å². The molecule has 2 unspecified atom stereocenters. The Morgan fingerprint density at radius 1 is 0.912 bits per heavy atom. The van der Waals surface area contributed by atoms with Crippen molar-refractivity contribution in [3.05, 3.63) is 111 Å². The fraction of sp³-hybridized carbons (Fsp3) is 0.214. The van der Waals surface area contributed by atoms with Crippen LogP contribution in [0.25, 0.3) is 5.69 Å². The second-order valence-electron chi connectivity index (χ2n) is 8.88. The molecule has 1 fully saturated rings. The molecule has 1 N–H and O–H groups in total. The summed E-state index contributed by atoms with van der Waals surface area (Å²) in [5.74, 6) is 0. The smallest absolute Gasteiger partial charge is 0.174 e. The summed E-state index contributed by atoms with van der Waals surface area (Å²) in [6.45, 7) is 8.64. The van der Waals surface area contributed by atoms with Gasteiger partial charge in [-0.1, -0.05) is 24.3 Å². The molecule has 4 nitrogen and oxygen atoms in total. The predicted octanol–water partition coefficient (Wildman–Crippen LogP) is 7.05. The Labute approximate surface area is 214 Å². The van der Waals surface area contributed by atoms with E-state index in [0.717, 1.165) is 26.7 Å². The van der Waals surface area contributed by atoms with Crippen molar-refractivity contribution in [3.8, 4) is 5.69 Å². The molecule has 1 aliphatic heterocycles. The average Bonchev–Trinajstić information content (AvgIpc) is 3.32. The summed E-state index contributed by atoms with van der Waals surface area (Å²) in [7, 11) is 0. The molecule has 4 aromatic rings. The van der Waals surface area contributed by atoms with Crippen LogP contribution in [0.15, 0.2) is 77.4 Å². The van der Waals surface area contributed by atoms with E-state index in [1.54, 1.807) is 0 Å². The lowest BCUT2D eigenvalue weighted by molar-refractivity contribution is 0.565. The Morgan fingerprint density at radius 2 is 1.68 bits per heavy atom. The summed E-state index contributed by atoms with van der Waals surface area (Å²) < 4.78 is 3.38. The fourth-order valence-corrected chi connectivity index (χ4v) is 5.72. The third-order valence-electron chi connectivity index (χ3n) is 6.75. The van der Waals surface area contributed by atoms with Gasteiger partial charge in [0.2, 0.25) is 0 Å². The Hall–Kier alpha value is -2.96. The molecule has 0 amide bonds. The maximum absolute atomic E-state index is 5.92. The molecule has 0 saturated carbocycles. The first kappa shape index (κ1) is 22.8. The zero-order valence-corrected chi connectivity index (χ0v) is 22.1. The van der Waals surface area contributed by atoms with Gasteiger partial charge >= 0.3 is 0 Å². The van der Waals surface area contributed by atoms with Crippen molar-refractivity contribution in [1.82, 2.24) is 14.9 Å². The normalized spacial score (nSPS) is 17.8. The number of hydrogen-bond donors (Lipinski definition) is 1. The first-order chi connectivity index (χ1) is 16.4. The number of rotatable bonds is 4. The largest absolute Gasteiger partial charge is 0.351 e. The summed E-state index contributed by atoms with van der Waals surface area (Å²) in [5.41, 5.74) is 9.32. The average molecular weight is 532 g/mol. The van der Waals surface area contributed by atoms with E-state index < -0.39 is 0 Å². The van der Waals surface area contributed by atoms with Crippen molar-refractivity contribution >= 4 is 38.9 Å². The summed E-state index contributed by atoms with van der Waals surface area (Å²) in [5, 5.41) is 4.30. The second kappa shape index (κ2) is 9.01. The highest BCUT2D eigenvalue weighted by molar-refractivity contribution is 9.10. The minimum atomic E-state index is -0.0662. The summed E-state index contributed by atoms with van der Waals surface area (Å²) >= 11 is 9.66. The number of nitrogens with one attached hydrogen (secondary N) is 1. The van der Waals surface area contributed by atoms with Crippen LogP contribution in [-0.4, -0.2) is 14.7 Å². The van der Waals surface area contributed by atoms with Gasteiger partial charge in [0.1, 0.15) is 0 Å². The molecule has 3 heterocycles. The standard InChI is InChI=1S/C28H27BrN4S/c1-17-12-13-21(15-18(17)2)33-27(26(31-28(33)34)24-10-7-8-14-30-24)22-16-19(3)32(20(22)4)25-11-6-5-9-23(25)29/h5-16,26-27H,1-4H3,(H,31,34). The van der Waals surface area contributed by atoms with E-state index in [1.807, 2.05) is 24.4 Å². The number of halogens is 1. The maximum Gasteiger partial charge on any atom is 0.174 e. The highest BCUT2D eigenvalue weighted by Gasteiger charge is 2.42. The third-order valence-corrected chi connectivity index (χ3v) is 7.73. The number of aromatic nitrogens is 2. The Morgan fingerprint density at radius 3 is 2.38 bits per heavy atom. The van der Waals surface area contributed by atoms with Crippen LogP contribution in [0.1, 0.15) is 45.9 Å². The van der Waals surface area contributed by atoms with Gasteiger partial charge in [0.15, 0.2) is 5.11 Å². The van der Waals surface area contributed by atoms with Crippen LogP contribution in [0.4, 0.5) is 5.69 Å². The quantitative estimate of drug-likeness (QED) is 0.286. The number of para-hydroxylation sites is 1. The minimum Gasteiger partial charge on any atom is -0.351 e. The van der Waals surface area contributed by atoms with Crippen molar-refractivity contribution in [2.24, 2.45) is 0 Å². The number of benzene rings is 2. The number of nitrogens with zero attached hydrogens (tertiary/aromatic N) is 3. The van der Waals surface area contributed by atoms with Crippen molar-refractivity contribution < 1.29 is 0 Å². The fourth-order valence-electron chi connectivity index (χ4n) is 4.92. The molecule has 2 aromatic carbocycles. The second-order valence-corrected chi connectivity index (χ2v) is 10.1. The first-order valence-electron chi connectivity index (χ1n) is 11.4. The molecule has 1 aliphatic rings. The number of aryl methyl sites for hydroxylation is 3. The van der Waals surface area contributed by atoms with Gasteiger partial charge in [-0.2, -0.15) is 0 Å². The lowest BCUT2D eigenvalue weighted by atomic mass is 9.96. The molecular formula is C28H27BrN4S. The molecule has 6 heteroatoms. The minimum absolute atomic E-state index is 0.0352. The van der Waals surface area contributed by atoms with E-state index in [0.29, 0.717) is 0 Å². The van der Waals surface area contributed by atoms with E-state index in [2.05, 4.69) is 107 Å². The molecule has 2 atom stereocenters.